The average molecular weight is 270 g/mol. The van der Waals surface area contributed by atoms with Crippen molar-refractivity contribution in [3.63, 3.8) is 0 Å². The molecule has 100 valence electrons. The molecule has 1 aliphatic heterocycles. The van der Waals surface area contributed by atoms with Crippen LogP contribution in [0.15, 0.2) is 10.5 Å². The largest absolute Gasteiger partial charge is 0.466 e. The maximum absolute atomic E-state index is 12.5. The van der Waals surface area contributed by atoms with Gasteiger partial charge in [-0.2, -0.15) is 0 Å². The van der Waals surface area contributed by atoms with Gasteiger partial charge in [-0.25, -0.2) is 0 Å². The lowest BCUT2D eigenvalue weighted by atomic mass is 10.1. The summed E-state index contributed by atoms with van der Waals surface area (Å²) in [6.45, 7) is 4.58. The van der Waals surface area contributed by atoms with E-state index >= 15 is 0 Å². The Morgan fingerprint density at radius 2 is 2.33 bits per heavy atom. The standard InChI is InChI=1S/C14H20ClNO2/c1-10-9-13(11(2)18-10)14(17)16-8-4-6-12(16)5-3-7-15/h9,12H,3-8H2,1-2H3. The van der Waals surface area contributed by atoms with Crippen molar-refractivity contribution in [3.8, 4) is 0 Å². The highest BCUT2D eigenvalue weighted by molar-refractivity contribution is 6.17. The number of furan rings is 1. The van der Waals surface area contributed by atoms with Gasteiger partial charge in [-0.15, -0.1) is 11.6 Å². The van der Waals surface area contributed by atoms with Gasteiger partial charge in [-0.1, -0.05) is 0 Å². The number of halogens is 1. The van der Waals surface area contributed by atoms with Gasteiger partial charge in [0.15, 0.2) is 0 Å². The highest BCUT2D eigenvalue weighted by Gasteiger charge is 2.30. The minimum absolute atomic E-state index is 0.112. The van der Waals surface area contributed by atoms with Crippen LogP contribution in [0.3, 0.4) is 0 Å². The highest BCUT2D eigenvalue weighted by Crippen LogP contribution is 2.25. The first kappa shape index (κ1) is 13.5. The Morgan fingerprint density at radius 3 is 2.94 bits per heavy atom. The van der Waals surface area contributed by atoms with E-state index in [0.717, 1.165) is 43.7 Å². The smallest absolute Gasteiger partial charge is 0.257 e. The van der Waals surface area contributed by atoms with Crippen molar-refractivity contribution in [1.82, 2.24) is 4.90 Å². The van der Waals surface area contributed by atoms with E-state index in [0.29, 0.717) is 17.5 Å². The van der Waals surface area contributed by atoms with Gasteiger partial charge >= 0.3 is 0 Å². The molecule has 1 fully saturated rings. The molecule has 0 bridgehead atoms. The molecule has 2 heterocycles. The van der Waals surface area contributed by atoms with Crippen molar-refractivity contribution in [2.45, 2.75) is 45.6 Å². The van der Waals surface area contributed by atoms with Crippen molar-refractivity contribution in [1.29, 1.82) is 0 Å². The third-order valence-corrected chi connectivity index (χ3v) is 3.85. The number of hydrogen-bond acceptors (Lipinski definition) is 2. The summed E-state index contributed by atoms with van der Waals surface area (Å²) < 4.78 is 5.44. The lowest BCUT2D eigenvalue weighted by Gasteiger charge is -2.24. The molecule has 0 N–H and O–H groups in total. The van der Waals surface area contributed by atoms with Crippen LogP contribution in [0.25, 0.3) is 0 Å². The van der Waals surface area contributed by atoms with Crippen LogP contribution in [0, 0.1) is 13.8 Å². The fourth-order valence-corrected chi connectivity index (χ4v) is 2.87. The van der Waals surface area contributed by atoms with Crippen LogP contribution in [0.5, 0.6) is 0 Å². The van der Waals surface area contributed by atoms with Crippen LogP contribution in [0.4, 0.5) is 0 Å². The molecule has 1 aliphatic rings. The second-order valence-corrected chi connectivity index (χ2v) is 5.33. The van der Waals surface area contributed by atoms with Crippen molar-refractivity contribution in [2.24, 2.45) is 0 Å². The van der Waals surface area contributed by atoms with Gasteiger partial charge in [-0.05, 0) is 45.6 Å². The first-order chi connectivity index (χ1) is 8.63. The molecular weight excluding hydrogens is 250 g/mol. The number of aryl methyl sites for hydroxylation is 2. The zero-order valence-corrected chi connectivity index (χ0v) is 11.8. The number of carbonyl (C=O) groups excluding carboxylic acids is 1. The van der Waals surface area contributed by atoms with E-state index in [1.54, 1.807) is 0 Å². The first-order valence-electron chi connectivity index (χ1n) is 6.57. The molecular formula is C14H20ClNO2. The minimum atomic E-state index is 0.112. The van der Waals surface area contributed by atoms with Gasteiger partial charge < -0.3 is 9.32 Å². The Labute approximate surface area is 113 Å². The number of hydrogen-bond donors (Lipinski definition) is 0. The number of likely N-dealkylation sites (tertiary alicyclic amines) is 1. The molecule has 1 aromatic rings. The van der Waals surface area contributed by atoms with Crippen molar-refractivity contribution < 1.29 is 9.21 Å². The Morgan fingerprint density at radius 1 is 1.56 bits per heavy atom. The summed E-state index contributed by atoms with van der Waals surface area (Å²) in [5, 5.41) is 0. The van der Waals surface area contributed by atoms with Gasteiger partial charge in [0.2, 0.25) is 0 Å². The predicted molar refractivity (Wildman–Crippen MR) is 72.2 cm³/mol. The van der Waals surface area contributed by atoms with E-state index in [1.165, 1.54) is 0 Å². The molecule has 2 rings (SSSR count). The van der Waals surface area contributed by atoms with E-state index in [-0.39, 0.29) is 5.91 Å². The summed E-state index contributed by atoms with van der Waals surface area (Å²) in [4.78, 5) is 14.5. The average Bonchev–Trinajstić information content (AvgIpc) is 2.92. The first-order valence-corrected chi connectivity index (χ1v) is 7.11. The lowest BCUT2D eigenvalue weighted by molar-refractivity contribution is 0.0728. The van der Waals surface area contributed by atoms with Crippen LogP contribution < -0.4 is 0 Å². The second-order valence-electron chi connectivity index (χ2n) is 4.95. The molecule has 18 heavy (non-hydrogen) atoms. The molecule has 3 nitrogen and oxygen atoms in total. The van der Waals surface area contributed by atoms with E-state index in [2.05, 4.69) is 0 Å². The van der Waals surface area contributed by atoms with E-state index in [1.807, 2.05) is 24.8 Å². The fourth-order valence-electron chi connectivity index (χ4n) is 2.71. The molecule has 4 heteroatoms. The summed E-state index contributed by atoms with van der Waals surface area (Å²) >= 11 is 5.73. The minimum Gasteiger partial charge on any atom is -0.466 e. The number of rotatable bonds is 4. The fraction of sp³-hybridized carbons (Fsp3) is 0.643. The lowest BCUT2D eigenvalue weighted by Crippen LogP contribution is -2.35. The Balaban J connectivity index is 2.10. The number of alkyl halides is 1. The molecule has 1 aromatic heterocycles. The second kappa shape index (κ2) is 5.79. The number of carbonyl (C=O) groups is 1. The Kier molecular flexibility index (Phi) is 4.33. The topological polar surface area (TPSA) is 33.5 Å². The summed E-state index contributed by atoms with van der Waals surface area (Å²) in [5.41, 5.74) is 0.713. The van der Waals surface area contributed by atoms with Crippen LogP contribution in [0.1, 0.15) is 47.6 Å². The van der Waals surface area contributed by atoms with Crippen molar-refractivity contribution >= 4 is 17.5 Å². The highest BCUT2D eigenvalue weighted by atomic mass is 35.5. The van der Waals surface area contributed by atoms with E-state index in [9.17, 15) is 4.79 Å². The van der Waals surface area contributed by atoms with Crippen LogP contribution in [-0.4, -0.2) is 29.3 Å². The van der Waals surface area contributed by atoms with Gasteiger partial charge in [0.05, 0.1) is 5.56 Å². The summed E-state index contributed by atoms with van der Waals surface area (Å²) in [6, 6.07) is 2.19. The molecule has 1 atom stereocenters. The number of nitrogens with zero attached hydrogens (tertiary/aromatic N) is 1. The molecule has 0 aromatic carbocycles. The SMILES string of the molecule is Cc1cc(C(=O)N2CCCC2CCCCl)c(C)o1. The maximum atomic E-state index is 12.5. The third-order valence-electron chi connectivity index (χ3n) is 3.58. The van der Waals surface area contributed by atoms with Gasteiger partial charge in [0.1, 0.15) is 11.5 Å². The quantitative estimate of drug-likeness (QED) is 0.784. The van der Waals surface area contributed by atoms with Crippen molar-refractivity contribution in [3.05, 3.63) is 23.2 Å². The Hall–Kier alpha value is -0.960. The summed E-state index contributed by atoms with van der Waals surface area (Å²) in [6.07, 6.45) is 4.16. The third kappa shape index (κ3) is 2.72. The van der Waals surface area contributed by atoms with Crippen LogP contribution in [0.2, 0.25) is 0 Å². The Bertz CT molecular complexity index is 427. The van der Waals surface area contributed by atoms with Crippen LogP contribution in [-0.2, 0) is 0 Å². The molecule has 0 aliphatic carbocycles. The molecule has 1 saturated heterocycles. The zero-order valence-electron chi connectivity index (χ0n) is 11.0. The molecule has 1 amide bonds. The van der Waals surface area contributed by atoms with Gasteiger partial charge in [0, 0.05) is 18.5 Å². The monoisotopic (exact) mass is 269 g/mol. The van der Waals surface area contributed by atoms with E-state index < -0.39 is 0 Å². The molecule has 0 saturated carbocycles. The van der Waals surface area contributed by atoms with Crippen molar-refractivity contribution in [2.75, 3.05) is 12.4 Å². The van der Waals surface area contributed by atoms with Gasteiger partial charge in [0.25, 0.3) is 5.91 Å². The molecule has 0 spiro atoms. The maximum Gasteiger partial charge on any atom is 0.257 e. The molecule has 1 unspecified atom stereocenters. The summed E-state index contributed by atoms with van der Waals surface area (Å²) in [5.74, 6) is 2.30. The number of amides is 1. The van der Waals surface area contributed by atoms with E-state index in [4.69, 9.17) is 16.0 Å². The summed E-state index contributed by atoms with van der Waals surface area (Å²) in [7, 11) is 0. The normalized spacial score (nSPS) is 19.5. The van der Waals surface area contributed by atoms with Gasteiger partial charge in [-0.3, -0.25) is 4.79 Å². The predicted octanol–water partition coefficient (Wildman–Crippen LogP) is 3.52. The zero-order chi connectivity index (χ0) is 13.1. The molecule has 0 radical (unpaired) electrons. The van der Waals surface area contributed by atoms with Crippen LogP contribution >= 0.6 is 11.6 Å².